The monoisotopic (exact) mass is 275 g/mol. The predicted molar refractivity (Wildman–Crippen MR) is 75.8 cm³/mol. The van der Waals surface area contributed by atoms with Crippen molar-refractivity contribution >= 4 is 23.7 Å². The van der Waals surface area contributed by atoms with E-state index in [9.17, 15) is 0 Å². The molecule has 0 bridgehead atoms. The molecule has 1 aromatic heterocycles. The zero-order valence-corrected chi connectivity index (χ0v) is 12.0. The van der Waals surface area contributed by atoms with E-state index in [0.29, 0.717) is 6.04 Å². The van der Waals surface area contributed by atoms with Gasteiger partial charge < -0.3 is 5.73 Å². The number of thiazole rings is 1. The maximum absolute atomic E-state index is 5.68. The second kappa shape index (κ2) is 7.31. The van der Waals surface area contributed by atoms with Crippen LogP contribution in [0.2, 0.25) is 0 Å². The van der Waals surface area contributed by atoms with Crippen molar-refractivity contribution in [2.45, 2.75) is 45.2 Å². The number of hydrogen-bond acceptors (Lipinski definition) is 4. The zero-order chi connectivity index (χ0) is 11.4. The first kappa shape index (κ1) is 14.9. The molecular formula is C12H22ClN3S. The lowest BCUT2D eigenvalue weighted by atomic mass is 9.99. The van der Waals surface area contributed by atoms with Crippen LogP contribution in [0.5, 0.6) is 0 Å². The number of nitrogens with two attached hydrogens (primary N) is 1. The van der Waals surface area contributed by atoms with Gasteiger partial charge in [-0.05, 0) is 39.3 Å². The van der Waals surface area contributed by atoms with Crippen molar-refractivity contribution < 1.29 is 0 Å². The van der Waals surface area contributed by atoms with E-state index >= 15 is 0 Å². The van der Waals surface area contributed by atoms with E-state index in [2.05, 4.69) is 22.2 Å². The SMILES string of the molecule is Cc1nc(CN2CCCCC2CCN)cs1.Cl. The fraction of sp³-hybridized carbons (Fsp3) is 0.750. The molecule has 0 aliphatic carbocycles. The minimum atomic E-state index is 0. The Labute approximate surface area is 114 Å². The van der Waals surface area contributed by atoms with E-state index in [1.165, 1.54) is 36.5 Å². The molecule has 1 aliphatic heterocycles. The molecule has 2 heterocycles. The van der Waals surface area contributed by atoms with Gasteiger partial charge in [0.25, 0.3) is 0 Å². The summed E-state index contributed by atoms with van der Waals surface area (Å²) in [6.07, 6.45) is 5.12. The van der Waals surface area contributed by atoms with Gasteiger partial charge in [0.05, 0.1) is 10.7 Å². The summed E-state index contributed by atoms with van der Waals surface area (Å²) in [6.45, 7) is 5.09. The maximum atomic E-state index is 5.68. The van der Waals surface area contributed by atoms with Crippen molar-refractivity contribution in [1.29, 1.82) is 0 Å². The lowest BCUT2D eigenvalue weighted by Crippen LogP contribution is -2.40. The van der Waals surface area contributed by atoms with Crippen LogP contribution in [0.1, 0.15) is 36.4 Å². The van der Waals surface area contributed by atoms with Gasteiger partial charge in [0.2, 0.25) is 0 Å². The molecular weight excluding hydrogens is 254 g/mol. The Bertz CT molecular complexity index is 327. The van der Waals surface area contributed by atoms with E-state index < -0.39 is 0 Å². The van der Waals surface area contributed by atoms with Gasteiger partial charge in [-0.2, -0.15) is 0 Å². The molecule has 1 aromatic rings. The highest BCUT2D eigenvalue weighted by atomic mass is 35.5. The van der Waals surface area contributed by atoms with Gasteiger partial charge in [-0.1, -0.05) is 6.42 Å². The summed E-state index contributed by atoms with van der Waals surface area (Å²) < 4.78 is 0. The lowest BCUT2D eigenvalue weighted by molar-refractivity contribution is 0.132. The molecule has 98 valence electrons. The number of nitrogens with zero attached hydrogens (tertiary/aromatic N) is 2. The predicted octanol–water partition coefficient (Wildman–Crippen LogP) is 2.58. The van der Waals surface area contributed by atoms with Gasteiger partial charge in [0.1, 0.15) is 0 Å². The van der Waals surface area contributed by atoms with Crippen LogP contribution in [0, 0.1) is 6.92 Å². The minimum Gasteiger partial charge on any atom is -0.330 e. The fourth-order valence-electron chi connectivity index (χ4n) is 2.48. The second-order valence-corrected chi connectivity index (χ2v) is 5.62. The van der Waals surface area contributed by atoms with Crippen molar-refractivity contribution in [3.05, 3.63) is 16.1 Å². The average molecular weight is 276 g/mol. The smallest absolute Gasteiger partial charge is 0.0897 e. The molecule has 5 heteroatoms. The quantitative estimate of drug-likeness (QED) is 0.918. The van der Waals surface area contributed by atoms with E-state index in [4.69, 9.17) is 5.73 Å². The molecule has 17 heavy (non-hydrogen) atoms. The first-order valence-electron chi connectivity index (χ1n) is 6.14. The number of halogens is 1. The maximum Gasteiger partial charge on any atom is 0.0897 e. The Kier molecular flexibility index (Phi) is 6.41. The average Bonchev–Trinajstić information content (AvgIpc) is 2.67. The summed E-state index contributed by atoms with van der Waals surface area (Å²) in [6, 6.07) is 0.681. The van der Waals surface area contributed by atoms with E-state index in [1.54, 1.807) is 11.3 Å². The Morgan fingerprint density at radius 3 is 3.00 bits per heavy atom. The molecule has 1 fully saturated rings. The van der Waals surface area contributed by atoms with Crippen LogP contribution in [0.3, 0.4) is 0 Å². The van der Waals surface area contributed by atoms with E-state index in [0.717, 1.165) is 19.5 Å². The number of aromatic nitrogens is 1. The molecule has 3 nitrogen and oxygen atoms in total. The standard InChI is InChI=1S/C12H21N3S.ClH/c1-10-14-11(9-16-10)8-15-7-3-2-4-12(15)5-6-13;/h9,12H,2-8,13H2,1H3;1H. The Morgan fingerprint density at radius 1 is 1.53 bits per heavy atom. The third-order valence-corrected chi connectivity index (χ3v) is 4.10. The number of hydrogen-bond donors (Lipinski definition) is 1. The van der Waals surface area contributed by atoms with Crippen LogP contribution in [-0.2, 0) is 6.54 Å². The van der Waals surface area contributed by atoms with Crippen molar-refractivity contribution in [3.8, 4) is 0 Å². The molecule has 1 aliphatic rings. The van der Waals surface area contributed by atoms with Crippen molar-refractivity contribution in [2.24, 2.45) is 5.73 Å². The number of piperidine rings is 1. The van der Waals surface area contributed by atoms with Gasteiger partial charge in [-0.15, -0.1) is 23.7 Å². The molecule has 0 aromatic carbocycles. The summed E-state index contributed by atoms with van der Waals surface area (Å²) in [5.74, 6) is 0. The van der Waals surface area contributed by atoms with Gasteiger partial charge in [-0.25, -0.2) is 4.98 Å². The number of rotatable bonds is 4. The molecule has 2 rings (SSSR count). The summed E-state index contributed by atoms with van der Waals surface area (Å²) in [5.41, 5.74) is 6.91. The molecule has 2 N–H and O–H groups in total. The summed E-state index contributed by atoms with van der Waals surface area (Å²) in [5, 5.41) is 3.35. The summed E-state index contributed by atoms with van der Waals surface area (Å²) in [7, 11) is 0. The lowest BCUT2D eigenvalue weighted by Gasteiger charge is -2.35. The Balaban J connectivity index is 0.00000144. The first-order chi connectivity index (χ1) is 7.79. The van der Waals surface area contributed by atoms with Crippen LogP contribution in [0.4, 0.5) is 0 Å². The van der Waals surface area contributed by atoms with Crippen LogP contribution in [0.25, 0.3) is 0 Å². The highest BCUT2D eigenvalue weighted by Crippen LogP contribution is 2.22. The third kappa shape index (κ3) is 4.21. The first-order valence-corrected chi connectivity index (χ1v) is 7.02. The minimum absolute atomic E-state index is 0. The van der Waals surface area contributed by atoms with Crippen molar-refractivity contribution in [3.63, 3.8) is 0 Å². The van der Waals surface area contributed by atoms with Crippen molar-refractivity contribution in [1.82, 2.24) is 9.88 Å². The van der Waals surface area contributed by atoms with Crippen LogP contribution >= 0.6 is 23.7 Å². The highest BCUT2D eigenvalue weighted by Gasteiger charge is 2.22. The van der Waals surface area contributed by atoms with Crippen LogP contribution < -0.4 is 5.73 Å². The molecule has 1 unspecified atom stereocenters. The zero-order valence-electron chi connectivity index (χ0n) is 10.4. The summed E-state index contributed by atoms with van der Waals surface area (Å²) in [4.78, 5) is 7.11. The van der Waals surface area contributed by atoms with Gasteiger partial charge in [0, 0.05) is 18.0 Å². The fourth-order valence-corrected chi connectivity index (χ4v) is 3.08. The van der Waals surface area contributed by atoms with Crippen molar-refractivity contribution in [2.75, 3.05) is 13.1 Å². The molecule has 1 saturated heterocycles. The second-order valence-electron chi connectivity index (χ2n) is 4.56. The van der Waals surface area contributed by atoms with Gasteiger partial charge in [-0.3, -0.25) is 4.90 Å². The molecule has 0 saturated carbocycles. The number of aryl methyl sites for hydroxylation is 1. The highest BCUT2D eigenvalue weighted by molar-refractivity contribution is 7.09. The normalized spacial score (nSPS) is 21.2. The molecule has 0 amide bonds. The largest absolute Gasteiger partial charge is 0.330 e. The third-order valence-electron chi connectivity index (χ3n) is 3.28. The Hall–Kier alpha value is -0.160. The van der Waals surface area contributed by atoms with Gasteiger partial charge >= 0.3 is 0 Å². The van der Waals surface area contributed by atoms with Gasteiger partial charge in [0.15, 0.2) is 0 Å². The van der Waals surface area contributed by atoms with E-state index in [1.807, 2.05) is 0 Å². The summed E-state index contributed by atoms with van der Waals surface area (Å²) >= 11 is 1.75. The Morgan fingerprint density at radius 2 is 2.35 bits per heavy atom. The van der Waals surface area contributed by atoms with Crippen LogP contribution in [-0.4, -0.2) is 29.0 Å². The van der Waals surface area contributed by atoms with Crippen LogP contribution in [0.15, 0.2) is 5.38 Å². The molecule has 0 spiro atoms. The topological polar surface area (TPSA) is 42.2 Å². The molecule has 1 atom stereocenters. The number of likely N-dealkylation sites (tertiary alicyclic amines) is 1. The van der Waals surface area contributed by atoms with E-state index in [-0.39, 0.29) is 12.4 Å². The molecule has 0 radical (unpaired) electrons.